The lowest BCUT2D eigenvalue weighted by Crippen LogP contribution is -2.37. The minimum atomic E-state index is 0.516. The lowest BCUT2D eigenvalue weighted by Gasteiger charge is -2.20. The maximum absolute atomic E-state index is 5.21. The number of nitrogens with zero attached hydrogens (tertiary/aromatic N) is 2. The molecule has 0 aromatic heterocycles. The van der Waals surface area contributed by atoms with Crippen LogP contribution in [0.4, 0.5) is 0 Å². The summed E-state index contributed by atoms with van der Waals surface area (Å²) in [4.78, 5) is 6.83. The molecule has 0 aliphatic carbocycles. The summed E-state index contributed by atoms with van der Waals surface area (Å²) in [6, 6.07) is 0.614. The van der Waals surface area contributed by atoms with E-state index in [0.29, 0.717) is 12.6 Å². The number of rotatable bonds is 8. The Morgan fingerprint density at radius 1 is 1.33 bits per heavy atom. The van der Waals surface area contributed by atoms with Gasteiger partial charge in [-0.1, -0.05) is 5.92 Å². The van der Waals surface area contributed by atoms with Crippen molar-refractivity contribution in [1.29, 1.82) is 0 Å². The summed E-state index contributed by atoms with van der Waals surface area (Å²) in [5, 5.41) is 6.25. The first-order chi connectivity index (χ1) is 8.61. The fourth-order valence-electron chi connectivity index (χ4n) is 1.40. The standard InChI is InChI=1S/C14H28N4/c1-6-10-16-14(15-7-2)17-11-8-9-12-18(5)13(3)4/h1,13H,7-12H2,2-5H3,(H2,15,16,17). The first-order valence-corrected chi connectivity index (χ1v) is 6.77. The van der Waals surface area contributed by atoms with E-state index in [1.807, 2.05) is 6.92 Å². The minimum absolute atomic E-state index is 0.516. The number of hydrogen-bond donors (Lipinski definition) is 2. The molecule has 0 bridgehead atoms. The Morgan fingerprint density at radius 2 is 2.06 bits per heavy atom. The molecule has 0 saturated heterocycles. The molecule has 0 spiro atoms. The van der Waals surface area contributed by atoms with Gasteiger partial charge in [-0.2, -0.15) is 0 Å². The van der Waals surface area contributed by atoms with E-state index in [9.17, 15) is 0 Å². The summed E-state index contributed by atoms with van der Waals surface area (Å²) >= 11 is 0. The van der Waals surface area contributed by atoms with Crippen molar-refractivity contribution in [3.8, 4) is 12.3 Å². The Bertz CT molecular complexity index is 265. The third-order valence-electron chi connectivity index (χ3n) is 2.77. The van der Waals surface area contributed by atoms with Gasteiger partial charge in [0.15, 0.2) is 5.96 Å². The van der Waals surface area contributed by atoms with E-state index >= 15 is 0 Å². The van der Waals surface area contributed by atoms with E-state index in [1.165, 1.54) is 6.42 Å². The molecule has 4 nitrogen and oxygen atoms in total. The van der Waals surface area contributed by atoms with Gasteiger partial charge in [0.05, 0.1) is 6.54 Å². The van der Waals surface area contributed by atoms with E-state index < -0.39 is 0 Å². The van der Waals surface area contributed by atoms with Gasteiger partial charge in [0.1, 0.15) is 0 Å². The zero-order chi connectivity index (χ0) is 13.8. The van der Waals surface area contributed by atoms with Crippen molar-refractivity contribution in [2.45, 2.75) is 39.7 Å². The zero-order valence-electron chi connectivity index (χ0n) is 12.3. The fraction of sp³-hybridized carbons (Fsp3) is 0.786. The summed E-state index contributed by atoms with van der Waals surface area (Å²) in [6.07, 6.45) is 7.48. The molecule has 0 aliphatic rings. The predicted molar refractivity (Wildman–Crippen MR) is 79.8 cm³/mol. The molecule has 0 atom stereocenters. The van der Waals surface area contributed by atoms with Crippen molar-refractivity contribution in [1.82, 2.24) is 15.5 Å². The van der Waals surface area contributed by atoms with Gasteiger partial charge < -0.3 is 15.5 Å². The van der Waals surface area contributed by atoms with Gasteiger partial charge in [-0.05, 0) is 47.2 Å². The Hall–Kier alpha value is -1.21. The van der Waals surface area contributed by atoms with E-state index in [4.69, 9.17) is 6.42 Å². The van der Waals surface area contributed by atoms with Gasteiger partial charge in [0, 0.05) is 19.1 Å². The molecule has 0 amide bonds. The normalized spacial score (nSPS) is 11.7. The lowest BCUT2D eigenvalue weighted by atomic mass is 10.2. The van der Waals surface area contributed by atoms with Crippen LogP contribution in [0, 0.1) is 12.3 Å². The van der Waals surface area contributed by atoms with Gasteiger partial charge in [0.25, 0.3) is 0 Å². The molecule has 4 heteroatoms. The third-order valence-corrected chi connectivity index (χ3v) is 2.77. The molecule has 104 valence electrons. The average molecular weight is 252 g/mol. The number of terminal acetylenes is 1. The van der Waals surface area contributed by atoms with Crippen molar-refractivity contribution in [2.24, 2.45) is 4.99 Å². The predicted octanol–water partition coefficient (Wildman–Crippen LogP) is 1.30. The topological polar surface area (TPSA) is 39.7 Å². The monoisotopic (exact) mass is 252 g/mol. The molecule has 0 radical (unpaired) electrons. The quantitative estimate of drug-likeness (QED) is 0.296. The Labute approximate surface area is 112 Å². The lowest BCUT2D eigenvalue weighted by molar-refractivity contribution is 0.269. The smallest absolute Gasteiger partial charge is 0.192 e. The molecule has 0 aliphatic heterocycles. The fourth-order valence-corrected chi connectivity index (χ4v) is 1.40. The third kappa shape index (κ3) is 8.89. The maximum atomic E-state index is 5.21. The van der Waals surface area contributed by atoms with E-state index in [2.05, 4.69) is 47.3 Å². The summed E-state index contributed by atoms with van der Waals surface area (Å²) in [5.41, 5.74) is 0. The van der Waals surface area contributed by atoms with Gasteiger partial charge in [-0.3, -0.25) is 4.99 Å². The Morgan fingerprint density at radius 3 is 2.61 bits per heavy atom. The molecule has 2 N–H and O–H groups in total. The number of guanidine groups is 1. The molecule has 0 saturated carbocycles. The van der Waals surface area contributed by atoms with E-state index in [0.717, 1.165) is 32.0 Å². The summed E-state index contributed by atoms with van der Waals surface area (Å²) < 4.78 is 0. The SMILES string of the molecule is C#CCNC(=NCCCCN(C)C(C)C)NCC. The van der Waals surface area contributed by atoms with Crippen molar-refractivity contribution in [3.05, 3.63) is 0 Å². The second kappa shape index (κ2) is 10.9. The van der Waals surface area contributed by atoms with Crippen LogP contribution in [-0.2, 0) is 0 Å². The van der Waals surface area contributed by atoms with Crippen LogP contribution < -0.4 is 10.6 Å². The van der Waals surface area contributed by atoms with Crippen LogP contribution in [0.15, 0.2) is 4.99 Å². The first kappa shape index (κ1) is 16.8. The van der Waals surface area contributed by atoms with Crippen LogP contribution in [0.5, 0.6) is 0 Å². The van der Waals surface area contributed by atoms with Crippen molar-refractivity contribution in [3.63, 3.8) is 0 Å². The molecule has 0 unspecified atom stereocenters. The molecule has 0 aromatic carbocycles. The Balaban J connectivity index is 3.78. The second-order valence-electron chi connectivity index (χ2n) is 4.60. The van der Waals surface area contributed by atoms with Crippen molar-refractivity contribution in [2.75, 3.05) is 33.2 Å². The second-order valence-corrected chi connectivity index (χ2v) is 4.60. The van der Waals surface area contributed by atoms with Crippen LogP contribution >= 0.6 is 0 Å². The van der Waals surface area contributed by atoms with E-state index in [-0.39, 0.29) is 0 Å². The van der Waals surface area contributed by atoms with Crippen molar-refractivity contribution < 1.29 is 0 Å². The average Bonchev–Trinajstić information content (AvgIpc) is 2.34. The van der Waals surface area contributed by atoms with Crippen LogP contribution in [-0.4, -0.2) is 50.1 Å². The summed E-state index contributed by atoms with van der Waals surface area (Å²) in [6.45, 7) is 9.81. The highest BCUT2D eigenvalue weighted by atomic mass is 15.2. The largest absolute Gasteiger partial charge is 0.357 e. The van der Waals surface area contributed by atoms with Crippen LogP contribution in [0.2, 0.25) is 0 Å². The number of unbranched alkanes of at least 4 members (excludes halogenated alkanes) is 1. The number of aliphatic imine (C=N–C) groups is 1. The van der Waals surface area contributed by atoms with Gasteiger partial charge in [-0.25, -0.2) is 0 Å². The molecular formula is C14H28N4. The highest BCUT2D eigenvalue weighted by molar-refractivity contribution is 5.79. The van der Waals surface area contributed by atoms with Crippen molar-refractivity contribution >= 4 is 5.96 Å². The van der Waals surface area contributed by atoms with Crippen LogP contribution in [0.25, 0.3) is 0 Å². The van der Waals surface area contributed by atoms with Crippen LogP contribution in [0.3, 0.4) is 0 Å². The minimum Gasteiger partial charge on any atom is -0.357 e. The van der Waals surface area contributed by atoms with Gasteiger partial charge >= 0.3 is 0 Å². The first-order valence-electron chi connectivity index (χ1n) is 6.77. The Kier molecular flexibility index (Phi) is 10.2. The molecule has 0 rings (SSSR count). The van der Waals surface area contributed by atoms with Gasteiger partial charge in [-0.15, -0.1) is 6.42 Å². The highest BCUT2D eigenvalue weighted by Gasteiger charge is 2.01. The van der Waals surface area contributed by atoms with Gasteiger partial charge in [0.2, 0.25) is 0 Å². The number of hydrogen-bond acceptors (Lipinski definition) is 2. The molecule has 0 heterocycles. The summed E-state index contributed by atoms with van der Waals surface area (Å²) in [5.74, 6) is 3.36. The maximum Gasteiger partial charge on any atom is 0.192 e. The number of nitrogens with one attached hydrogen (secondary N) is 2. The van der Waals surface area contributed by atoms with Crippen LogP contribution in [0.1, 0.15) is 33.6 Å². The molecule has 0 fully saturated rings. The van der Waals surface area contributed by atoms with E-state index in [1.54, 1.807) is 0 Å². The highest BCUT2D eigenvalue weighted by Crippen LogP contribution is 1.98. The molecular weight excluding hydrogens is 224 g/mol. The zero-order valence-corrected chi connectivity index (χ0v) is 12.3. The molecule has 0 aromatic rings. The summed E-state index contributed by atoms with van der Waals surface area (Å²) in [7, 11) is 2.16. The molecule has 18 heavy (non-hydrogen) atoms.